The van der Waals surface area contributed by atoms with Gasteiger partial charge in [-0.15, -0.1) is 0 Å². The van der Waals surface area contributed by atoms with Crippen LogP contribution in [0.15, 0.2) is 61.0 Å². The molecular weight excluding hydrogens is 206 g/mol. The minimum Gasteiger partial charge on any atom is -0.356 e. The van der Waals surface area contributed by atoms with Gasteiger partial charge < -0.3 is 5.32 Å². The topological polar surface area (TPSA) is 12.0 Å². The highest BCUT2D eigenvalue weighted by Gasteiger charge is 1.90. The smallest absolute Gasteiger partial charge is 0.0377 e. The standard InChI is InChI=1S/C12H17N.2C2H6/c1-5-9-11(7-3)13-12(8-4)10-6-2;2*1-2/h5-10,13H,1,3H2,2,4H3;2*1-2H3/b10-6-,11-9+,12-8+;;. The van der Waals surface area contributed by atoms with Gasteiger partial charge in [0.2, 0.25) is 0 Å². The molecule has 0 aliphatic heterocycles. The third-order valence-corrected chi connectivity index (χ3v) is 1.46. The van der Waals surface area contributed by atoms with E-state index in [0.29, 0.717) is 0 Å². The molecule has 0 spiro atoms. The van der Waals surface area contributed by atoms with Crippen molar-refractivity contribution in [2.45, 2.75) is 41.5 Å². The van der Waals surface area contributed by atoms with E-state index in [2.05, 4.69) is 18.5 Å². The lowest BCUT2D eigenvalue weighted by atomic mass is 10.3. The predicted molar refractivity (Wildman–Crippen MR) is 82.9 cm³/mol. The van der Waals surface area contributed by atoms with Gasteiger partial charge in [-0.05, 0) is 32.1 Å². The molecule has 0 amide bonds. The van der Waals surface area contributed by atoms with E-state index in [9.17, 15) is 0 Å². The van der Waals surface area contributed by atoms with Crippen LogP contribution >= 0.6 is 0 Å². The number of nitrogens with one attached hydrogen (secondary N) is 1. The van der Waals surface area contributed by atoms with Crippen molar-refractivity contribution in [3.63, 3.8) is 0 Å². The lowest BCUT2D eigenvalue weighted by Crippen LogP contribution is -2.08. The maximum Gasteiger partial charge on any atom is 0.0377 e. The van der Waals surface area contributed by atoms with E-state index in [4.69, 9.17) is 0 Å². The van der Waals surface area contributed by atoms with E-state index in [-0.39, 0.29) is 0 Å². The Kier molecular flexibility index (Phi) is 24.5. The summed E-state index contributed by atoms with van der Waals surface area (Å²) in [7, 11) is 0. The molecule has 0 aliphatic carbocycles. The van der Waals surface area contributed by atoms with Crippen LogP contribution in [0, 0.1) is 0 Å². The SMILES string of the molecule is C=C/C=C(\C=C)NC(/C=C\C)=C/C.CC.CC. The molecule has 17 heavy (non-hydrogen) atoms. The molecule has 1 nitrogen and oxygen atoms in total. The molecule has 0 atom stereocenters. The van der Waals surface area contributed by atoms with Gasteiger partial charge in [-0.3, -0.25) is 0 Å². The zero-order valence-corrected chi connectivity index (χ0v) is 12.4. The summed E-state index contributed by atoms with van der Waals surface area (Å²) in [5.74, 6) is 0. The first kappa shape index (κ1) is 20.9. The molecule has 1 heteroatoms. The van der Waals surface area contributed by atoms with Crippen LogP contribution in [0.3, 0.4) is 0 Å². The van der Waals surface area contributed by atoms with E-state index in [1.807, 2.05) is 65.8 Å². The molecule has 0 unspecified atom stereocenters. The normalized spacial score (nSPS) is 10.7. The van der Waals surface area contributed by atoms with Crippen molar-refractivity contribution in [2.75, 3.05) is 0 Å². The molecule has 0 rings (SSSR count). The molecular formula is C16H29N. The van der Waals surface area contributed by atoms with Gasteiger partial charge in [-0.25, -0.2) is 0 Å². The van der Waals surface area contributed by atoms with E-state index in [1.165, 1.54) is 0 Å². The van der Waals surface area contributed by atoms with Gasteiger partial charge in [-0.2, -0.15) is 0 Å². The fraction of sp³-hybridized carbons (Fsp3) is 0.375. The zero-order valence-electron chi connectivity index (χ0n) is 12.4. The lowest BCUT2D eigenvalue weighted by molar-refractivity contribution is 1.04. The quantitative estimate of drug-likeness (QED) is 0.632. The zero-order chi connectivity index (χ0) is 14.1. The predicted octanol–water partition coefficient (Wildman–Crippen LogP) is 5.36. The third-order valence-electron chi connectivity index (χ3n) is 1.46. The van der Waals surface area contributed by atoms with E-state index in [0.717, 1.165) is 11.4 Å². The highest BCUT2D eigenvalue weighted by Crippen LogP contribution is 1.99. The molecule has 0 fully saturated rings. The summed E-state index contributed by atoms with van der Waals surface area (Å²) in [6.07, 6.45) is 11.3. The van der Waals surface area contributed by atoms with Crippen LogP contribution in [-0.2, 0) is 0 Å². The van der Waals surface area contributed by atoms with Crippen LogP contribution in [0.2, 0.25) is 0 Å². The van der Waals surface area contributed by atoms with Gasteiger partial charge in [0.15, 0.2) is 0 Å². The van der Waals surface area contributed by atoms with Crippen LogP contribution in [0.5, 0.6) is 0 Å². The second-order valence-electron chi connectivity index (χ2n) is 2.43. The molecule has 0 heterocycles. The summed E-state index contributed by atoms with van der Waals surface area (Å²) in [5, 5.41) is 3.20. The highest BCUT2D eigenvalue weighted by atomic mass is 14.9. The Morgan fingerprint density at radius 2 is 1.47 bits per heavy atom. The molecule has 0 saturated carbocycles. The van der Waals surface area contributed by atoms with Gasteiger partial charge >= 0.3 is 0 Å². The third kappa shape index (κ3) is 14.5. The Hall–Kier alpha value is -1.50. The Labute approximate surface area is 108 Å². The first-order valence-electron chi connectivity index (χ1n) is 6.29. The summed E-state index contributed by atoms with van der Waals surface area (Å²) >= 11 is 0. The van der Waals surface area contributed by atoms with E-state index in [1.54, 1.807) is 12.2 Å². The monoisotopic (exact) mass is 235 g/mol. The van der Waals surface area contributed by atoms with Crippen molar-refractivity contribution in [1.29, 1.82) is 0 Å². The molecule has 0 aromatic carbocycles. The summed E-state index contributed by atoms with van der Waals surface area (Å²) < 4.78 is 0. The number of allylic oxidation sites excluding steroid dienone is 6. The van der Waals surface area contributed by atoms with Crippen molar-refractivity contribution >= 4 is 0 Å². The minimum atomic E-state index is 0.946. The summed E-state index contributed by atoms with van der Waals surface area (Å²) in [6, 6.07) is 0. The fourth-order valence-corrected chi connectivity index (χ4v) is 0.844. The van der Waals surface area contributed by atoms with E-state index < -0.39 is 0 Å². The Morgan fingerprint density at radius 1 is 0.941 bits per heavy atom. The van der Waals surface area contributed by atoms with Crippen molar-refractivity contribution in [2.24, 2.45) is 0 Å². The van der Waals surface area contributed by atoms with Crippen molar-refractivity contribution in [3.05, 3.63) is 61.0 Å². The Bertz CT molecular complexity index is 255. The summed E-state index contributed by atoms with van der Waals surface area (Å²) in [5.41, 5.74) is 2.00. The molecule has 0 saturated heterocycles. The van der Waals surface area contributed by atoms with Gasteiger partial charge in [0.1, 0.15) is 0 Å². The van der Waals surface area contributed by atoms with Gasteiger partial charge in [-0.1, -0.05) is 59.1 Å². The van der Waals surface area contributed by atoms with E-state index >= 15 is 0 Å². The average molecular weight is 235 g/mol. The van der Waals surface area contributed by atoms with Crippen LogP contribution < -0.4 is 5.32 Å². The maximum absolute atomic E-state index is 3.70. The molecule has 98 valence electrons. The Morgan fingerprint density at radius 3 is 1.76 bits per heavy atom. The van der Waals surface area contributed by atoms with Crippen molar-refractivity contribution in [3.8, 4) is 0 Å². The number of hydrogen-bond donors (Lipinski definition) is 1. The molecule has 0 bridgehead atoms. The molecule has 0 aliphatic rings. The van der Waals surface area contributed by atoms with Crippen LogP contribution in [-0.4, -0.2) is 0 Å². The van der Waals surface area contributed by atoms with Crippen LogP contribution in [0.25, 0.3) is 0 Å². The number of hydrogen-bond acceptors (Lipinski definition) is 1. The largest absolute Gasteiger partial charge is 0.356 e. The van der Waals surface area contributed by atoms with Gasteiger partial charge in [0.25, 0.3) is 0 Å². The lowest BCUT2D eigenvalue weighted by Gasteiger charge is -2.06. The first-order valence-corrected chi connectivity index (χ1v) is 6.29. The highest BCUT2D eigenvalue weighted by molar-refractivity contribution is 5.28. The molecule has 0 aromatic rings. The Balaban J connectivity index is -0.000000439. The molecule has 1 N–H and O–H groups in total. The van der Waals surface area contributed by atoms with Crippen molar-refractivity contribution < 1.29 is 0 Å². The first-order chi connectivity index (χ1) is 8.28. The fourth-order valence-electron chi connectivity index (χ4n) is 0.844. The second kappa shape index (κ2) is 20.0. The maximum atomic E-state index is 3.70. The molecule has 0 aromatic heterocycles. The molecule has 0 radical (unpaired) electrons. The van der Waals surface area contributed by atoms with Crippen LogP contribution in [0.4, 0.5) is 0 Å². The number of rotatable bonds is 5. The minimum absolute atomic E-state index is 0.946. The van der Waals surface area contributed by atoms with Crippen LogP contribution in [0.1, 0.15) is 41.5 Å². The van der Waals surface area contributed by atoms with Gasteiger partial charge in [0.05, 0.1) is 0 Å². The summed E-state index contributed by atoms with van der Waals surface area (Å²) in [4.78, 5) is 0. The second-order valence-corrected chi connectivity index (χ2v) is 2.43. The van der Waals surface area contributed by atoms with Crippen molar-refractivity contribution in [1.82, 2.24) is 5.32 Å². The summed E-state index contributed by atoms with van der Waals surface area (Å²) in [6.45, 7) is 19.3. The average Bonchev–Trinajstić information content (AvgIpc) is 2.42. The van der Waals surface area contributed by atoms with Gasteiger partial charge in [0, 0.05) is 11.4 Å².